The maximum absolute atomic E-state index is 12.4. The summed E-state index contributed by atoms with van der Waals surface area (Å²) in [6.07, 6.45) is 2.61. The number of hydrogen-bond acceptors (Lipinski definition) is 3. The highest BCUT2D eigenvalue weighted by molar-refractivity contribution is 5.85. The van der Waals surface area contributed by atoms with E-state index in [1.165, 1.54) is 0 Å². The highest BCUT2D eigenvalue weighted by atomic mass is 16.2. The minimum atomic E-state index is -0.405. The molecule has 2 heterocycles. The minimum absolute atomic E-state index is 0.0445. The van der Waals surface area contributed by atoms with E-state index in [-0.39, 0.29) is 17.7 Å². The van der Waals surface area contributed by atoms with Crippen molar-refractivity contribution in [1.82, 2.24) is 15.5 Å². The highest BCUT2D eigenvalue weighted by Crippen LogP contribution is 2.31. The van der Waals surface area contributed by atoms with Crippen LogP contribution in [0.2, 0.25) is 0 Å². The van der Waals surface area contributed by atoms with Gasteiger partial charge in [0.2, 0.25) is 11.8 Å². The normalized spacial score (nSPS) is 29.3. The molecule has 5 nitrogen and oxygen atoms in total. The van der Waals surface area contributed by atoms with Gasteiger partial charge in [-0.15, -0.1) is 0 Å². The average molecular weight is 253 g/mol. The quantitative estimate of drug-likeness (QED) is 0.726. The molecular formula is C13H23N3O2. The van der Waals surface area contributed by atoms with Gasteiger partial charge in [-0.25, -0.2) is 0 Å². The van der Waals surface area contributed by atoms with Gasteiger partial charge in [0.05, 0.1) is 5.41 Å². The molecule has 2 amide bonds. The van der Waals surface area contributed by atoms with Gasteiger partial charge in [0.1, 0.15) is 0 Å². The van der Waals surface area contributed by atoms with E-state index in [0.717, 1.165) is 32.4 Å². The fourth-order valence-corrected chi connectivity index (χ4v) is 2.96. The van der Waals surface area contributed by atoms with Crippen molar-refractivity contribution in [2.24, 2.45) is 11.3 Å². The van der Waals surface area contributed by atoms with E-state index in [1.54, 1.807) is 7.05 Å². The molecule has 0 radical (unpaired) electrons. The van der Waals surface area contributed by atoms with Crippen molar-refractivity contribution in [1.29, 1.82) is 0 Å². The summed E-state index contributed by atoms with van der Waals surface area (Å²) in [4.78, 5) is 26.1. The van der Waals surface area contributed by atoms with Crippen LogP contribution in [0.5, 0.6) is 0 Å². The number of rotatable bonds is 2. The van der Waals surface area contributed by atoms with Crippen molar-refractivity contribution >= 4 is 11.8 Å². The number of likely N-dealkylation sites (tertiary alicyclic amines) is 1. The number of carbonyl (C=O) groups excluding carboxylic acids is 2. The van der Waals surface area contributed by atoms with Gasteiger partial charge >= 0.3 is 0 Å². The second-order valence-corrected chi connectivity index (χ2v) is 5.67. The Morgan fingerprint density at radius 3 is 2.61 bits per heavy atom. The summed E-state index contributed by atoms with van der Waals surface area (Å²) < 4.78 is 0. The van der Waals surface area contributed by atoms with E-state index < -0.39 is 5.41 Å². The van der Waals surface area contributed by atoms with Gasteiger partial charge in [-0.05, 0) is 39.3 Å². The molecule has 0 aromatic heterocycles. The maximum atomic E-state index is 12.4. The molecular weight excluding hydrogens is 230 g/mol. The molecule has 2 saturated heterocycles. The van der Waals surface area contributed by atoms with E-state index in [9.17, 15) is 9.59 Å². The predicted molar refractivity (Wildman–Crippen MR) is 69.0 cm³/mol. The molecule has 5 heteroatoms. The third-order valence-electron chi connectivity index (χ3n) is 4.25. The van der Waals surface area contributed by atoms with Crippen LogP contribution in [0, 0.1) is 11.3 Å². The summed E-state index contributed by atoms with van der Waals surface area (Å²) in [7, 11) is 1.66. The molecule has 0 saturated carbocycles. The number of piperidine rings is 1. The Hall–Kier alpha value is -1.10. The Bertz CT molecular complexity index is 339. The fraction of sp³-hybridized carbons (Fsp3) is 0.846. The molecule has 2 aliphatic heterocycles. The number of nitrogens with zero attached hydrogens (tertiary/aromatic N) is 1. The van der Waals surface area contributed by atoms with Crippen molar-refractivity contribution in [2.45, 2.75) is 26.2 Å². The Balaban J connectivity index is 1.95. The fourth-order valence-electron chi connectivity index (χ4n) is 2.96. The lowest BCUT2D eigenvalue weighted by Gasteiger charge is -2.28. The van der Waals surface area contributed by atoms with E-state index >= 15 is 0 Å². The molecule has 0 aromatic rings. The minimum Gasteiger partial charge on any atom is -0.359 e. The van der Waals surface area contributed by atoms with E-state index in [4.69, 9.17) is 0 Å². The Labute approximate surface area is 108 Å². The molecule has 18 heavy (non-hydrogen) atoms. The molecule has 0 aromatic carbocycles. The average Bonchev–Trinajstić information content (AvgIpc) is 2.82. The summed E-state index contributed by atoms with van der Waals surface area (Å²) >= 11 is 0. The lowest BCUT2D eigenvalue weighted by Crippen LogP contribution is -2.43. The summed E-state index contributed by atoms with van der Waals surface area (Å²) in [5.41, 5.74) is -0.405. The van der Waals surface area contributed by atoms with E-state index in [2.05, 4.69) is 10.6 Å². The van der Waals surface area contributed by atoms with Crippen LogP contribution in [0.15, 0.2) is 0 Å². The van der Waals surface area contributed by atoms with Crippen LogP contribution in [0.25, 0.3) is 0 Å². The second kappa shape index (κ2) is 5.26. The van der Waals surface area contributed by atoms with Crippen LogP contribution in [0.1, 0.15) is 26.2 Å². The highest BCUT2D eigenvalue weighted by Gasteiger charge is 2.42. The first kappa shape index (κ1) is 13.3. The Kier molecular flexibility index (Phi) is 3.90. The van der Waals surface area contributed by atoms with Gasteiger partial charge in [-0.2, -0.15) is 0 Å². The molecule has 2 aliphatic rings. The molecule has 2 fully saturated rings. The van der Waals surface area contributed by atoms with Crippen LogP contribution < -0.4 is 10.6 Å². The second-order valence-electron chi connectivity index (χ2n) is 5.67. The molecule has 0 spiro atoms. The van der Waals surface area contributed by atoms with E-state index in [1.807, 2.05) is 11.8 Å². The zero-order chi connectivity index (χ0) is 13.2. The lowest BCUT2D eigenvalue weighted by molar-refractivity contribution is -0.136. The van der Waals surface area contributed by atoms with Gasteiger partial charge in [-0.1, -0.05) is 0 Å². The summed E-state index contributed by atoms with van der Waals surface area (Å²) in [5.74, 6) is 0.436. The smallest absolute Gasteiger partial charge is 0.227 e. The number of nitrogens with one attached hydrogen (secondary N) is 2. The first-order valence-electron chi connectivity index (χ1n) is 6.78. The maximum Gasteiger partial charge on any atom is 0.227 e. The Morgan fingerprint density at radius 2 is 2.00 bits per heavy atom. The summed E-state index contributed by atoms with van der Waals surface area (Å²) in [6, 6.07) is 0. The molecule has 0 bridgehead atoms. The van der Waals surface area contributed by atoms with E-state index in [0.29, 0.717) is 13.1 Å². The number of hydrogen-bond donors (Lipinski definition) is 2. The van der Waals surface area contributed by atoms with Crippen molar-refractivity contribution in [2.75, 3.05) is 33.2 Å². The summed E-state index contributed by atoms with van der Waals surface area (Å²) in [6.45, 7) is 5.08. The first-order chi connectivity index (χ1) is 8.57. The standard InChI is InChI=1S/C13H23N3O2/c1-13(12(18)14-2)5-8-16(9-13)11(17)10-3-6-15-7-4-10/h10,15H,3-9H2,1-2H3,(H,14,18). The molecule has 2 rings (SSSR count). The third-order valence-corrected chi connectivity index (χ3v) is 4.25. The van der Waals surface area contributed by atoms with Crippen molar-refractivity contribution in [3.63, 3.8) is 0 Å². The predicted octanol–water partition coefficient (Wildman–Crippen LogP) is -0.0294. The van der Waals surface area contributed by atoms with Crippen LogP contribution >= 0.6 is 0 Å². The van der Waals surface area contributed by atoms with Crippen LogP contribution in [-0.2, 0) is 9.59 Å². The van der Waals surface area contributed by atoms with Crippen molar-refractivity contribution < 1.29 is 9.59 Å². The zero-order valence-electron chi connectivity index (χ0n) is 11.3. The van der Waals surface area contributed by atoms with Gasteiger partial charge < -0.3 is 15.5 Å². The molecule has 1 unspecified atom stereocenters. The van der Waals surface area contributed by atoms with Gasteiger partial charge in [0.25, 0.3) is 0 Å². The summed E-state index contributed by atoms with van der Waals surface area (Å²) in [5, 5.41) is 5.97. The van der Waals surface area contributed by atoms with Crippen molar-refractivity contribution in [3.05, 3.63) is 0 Å². The lowest BCUT2D eigenvalue weighted by atomic mass is 9.89. The van der Waals surface area contributed by atoms with Crippen molar-refractivity contribution in [3.8, 4) is 0 Å². The zero-order valence-corrected chi connectivity index (χ0v) is 11.3. The molecule has 0 aliphatic carbocycles. The monoisotopic (exact) mass is 253 g/mol. The Morgan fingerprint density at radius 1 is 1.33 bits per heavy atom. The van der Waals surface area contributed by atoms with Crippen LogP contribution in [0.4, 0.5) is 0 Å². The number of carbonyl (C=O) groups is 2. The largest absolute Gasteiger partial charge is 0.359 e. The third kappa shape index (κ3) is 2.51. The topological polar surface area (TPSA) is 61.4 Å². The van der Waals surface area contributed by atoms with Gasteiger partial charge in [0, 0.05) is 26.1 Å². The van der Waals surface area contributed by atoms with Crippen LogP contribution in [-0.4, -0.2) is 49.9 Å². The van der Waals surface area contributed by atoms with Crippen LogP contribution in [0.3, 0.4) is 0 Å². The molecule has 102 valence electrons. The molecule has 1 atom stereocenters. The van der Waals surface area contributed by atoms with Gasteiger partial charge in [-0.3, -0.25) is 9.59 Å². The SMILES string of the molecule is CNC(=O)C1(C)CCN(C(=O)C2CCNCC2)C1. The first-order valence-corrected chi connectivity index (χ1v) is 6.78. The molecule has 2 N–H and O–H groups in total. The number of amides is 2. The van der Waals surface area contributed by atoms with Gasteiger partial charge in [0.15, 0.2) is 0 Å².